The Labute approximate surface area is 175 Å². The third-order valence-electron chi connectivity index (χ3n) is 4.07. The fourth-order valence-electron chi connectivity index (χ4n) is 2.62. The third kappa shape index (κ3) is 6.21. The van der Waals surface area contributed by atoms with Crippen molar-refractivity contribution in [3.05, 3.63) is 78.1 Å². The molecule has 2 aromatic carbocycles. The number of sulfonamides is 1. The highest BCUT2D eigenvalue weighted by Crippen LogP contribution is 2.15. The SMILES string of the molecule is COc1ccc(-n2ccc(CNC(=O)C=Cc3ccc(NS(C)(=O)=O)cc3)n2)cc1. The standard InChI is InChI=1S/C21H22N4O4S/c1-29-20-10-8-19(9-11-20)25-14-13-18(23-25)15-22-21(26)12-5-16-3-6-17(7-4-16)24-30(2,27)28/h3-14,24H,15H2,1-2H3,(H,22,26). The zero-order chi connectivity index (χ0) is 21.6. The zero-order valence-electron chi connectivity index (χ0n) is 16.6. The number of carbonyl (C=O) groups excluding carboxylic acids is 1. The molecule has 3 aromatic rings. The van der Waals surface area contributed by atoms with Crippen molar-refractivity contribution in [3.63, 3.8) is 0 Å². The Morgan fingerprint density at radius 2 is 1.80 bits per heavy atom. The summed E-state index contributed by atoms with van der Waals surface area (Å²) in [5.41, 5.74) is 2.85. The van der Waals surface area contributed by atoms with E-state index in [4.69, 9.17) is 4.74 Å². The number of hydrogen-bond donors (Lipinski definition) is 2. The molecule has 1 amide bonds. The van der Waals surface area contributed by atoms with E-state index in [1.807, 2.05) is 36.5 Å². The molecule has 0 saturated heterocycles. The average Bonchev–Trinajstić information content (AvgIpc) is 3.20. The van der Waals surface area contributed by atoms with Crippen LogP contribution in [0.15, 0.2) is 66.9 Å². The van der Waals surface area contributed by atoms with Crippen LogP contribution in [0.5, 0.6) is 5.75 Å². The molecule has 9 heteroatoms. The highest BCUT2D eigenvalue weighted by molar-refractivity contribution is 7.92. The first-order valence-electron chi connectivity index (χ1n) is 9.05. The van der Waals surface area contributed by atoms with Gasteiger partial charge >= 0.3 is 0 Å². The van der Waals surface area contributed by atoms with Crippen LogP contribution in [0.1, 0.15) is 11.3 Å². The van der Waals surface area contributed by atoms with E-state index in [2.05, 4.69) is 15.1 Å². The van der Waals surface area contributed by atoms with Crippen LogP contribution in [0.3, 0.4) is 0 Å². The Morgan fingerprint density at radius 3 is 2.43 bits per heavy atom. The maximum absolute atomic E-state index is 12.1. The number of anilines is 1. The van der Waals surface area contributed by atoms with Crippen LogP contribution in [-0.2, 0) is 21.4 Å². The van der Waals surface area contributed by atoms with Gasteiger partial charge in [-0.15, -0.1) is 0 Å². The van der Waals surface area contributed by atoms with Crippen LogP contribution < -0.4 is 14.8 Å². The molecule has 0 saturated carbocycles. The Kier molecular flexibility index (Phi) is 6.53. The second-order valence-electron chi connectivity index (χ2n) is 6.50. The number of rotatable bonds is 8. The summed E-state index contributed by atoms with van der Waals surface area (Å²) in [5, 5.41) is 7.23. The highest BCUT2D eigenvalue weighted by Gasteiger charge is 2.04. The van der Waals surface area contributed by atoms with Crippen LogP contribution in [0.25, 0.3) is 11.8 Å². The number of amides is 1. The van der Waals surface area contributed by atoms with E-state index in [1.165, 1.54) is 6.08 Å². The van der Waals surface area contributed by atoms with E-state index >= 15 is 0 Å². The number of nitrogens with zero attached hydrogens (tertiary/aromatic N) is 2. The van der Waals surface area contributed by atoms with E-state index in [0.29, 0.717) is 12.2 Å². The third-order valence-corrected chi connectivity index (χ3v) is 4.67. The van der Waals surface area contributed by atoms with Crippen molar-refractivity contribution in [1.82, 2.24) is 15.1 Å². The minimum absolute atomic E-state index is 0.257. The Bertz CT molecular complexity index is 1130. The summed E-state index contributed by atoms with van der Waals surface area (Å²) < 4.78 is 31.7. The molecule has 1 aromatic heterocycles. The van der Waals surface area contributed by atoms with Gasteiger partial charge in [-0.25, -0.2) is 13.1 Å². The number of nitrogens with one attached hydrogen (secondary N) is 2. The molecule has 0 radical (unpaired) electrons. The summed E-state index contributed by atoms with van der Waals surface area (Å²) in [7, 11) is -1.70. The number of hydrogen-bond acceptors (Lipinski definition) is 5. The van der Waals surface area contributed by atoms with Crippen LogP contribution in [-0.4, -0.2) is 37.5 Å². The fourth-order valence-corrected chi connectivity index (χ4v) is 3.18. The predicted molar refractivity (Wildman–Crippen MR) is 116 cm³/mol. The first-order chi connectivity index (χ1) is 14.3. The molecule has 0 aliphatic heterocycles. The topological polar surface area (TPSA) is 102 Å². The molecule has 1 heterocycles. The van der Waals surface area contributed by atoms with Crippen LogP contribution >= 0.6 is 0 Å². The quantitative estimate of drug-likeness (QED) is 0.539. The average molecular weight is 426 g/mol. The van der Waals surface area contributed by atoms with E-state index in [9.17, 15) is 13.2 Å². The van der Waals surface area contributed by atoms with Gasteiger partial charge in [0.25, 0.3) is 0 Å². The summed E-state index contributed by atoms with van der Waals surface area (Å²) in [6, 6.07) is 16.0. The van der Waals surface area contributed by atoms with Gasteiger partial charge in [-0.1, -0.05) is 12.1 Å². The molecule has 0 fully saturated rings. The smallest absolute Gasteiger partial charge is 0.244 e. The molecule has 0 atom stereocenters. The second-order valence-corrected chi connectivity index (χ2v) is 8.25. The van der Waals surface area contributed by atoms with E-state index in [1.54, 1.807) is 42.1 Å². The molecule has 0 aliphatic carbocycles. The van der Waals surface area contributed by atoms with Crippen LogP contribution in [0.2, 0.25) is 0 Å². The van der Waals surface area contributed by atoms with E-state index < -0.39 is 10.0 Å². The molecule has 156 valence electrons. The monoisotopic (exact) mass is 426 g/mol. The van der Waals surface area contributed by atoms with Gasteiger partial charge in [0.1, 0.15) is 5.75 Å². The lowest BCUT2D eigenvalue weighted by Crippen LogP contribution is -2.20. The lowest BCUT2D eigenvalue weighted by atomic mass is 10.2. The van der Waals surface area contributed by atoms with Crippen molar-refractivity contribution >= 4 is 27.7 Å². The molecular weight excluding hydrogens is 404 g/mol. The molecular formula is C21H22N4O4S. The normalized spacial score (nSPS) is 11.4. The summed E-state index contributed by atoms with van der Waals surface area (Å²) in [6.45, 7) is 0.295. The van der Waals surface area contributed by atoms with Crippen molar-refractivity contribution in [2.45, 2.75) is 6.54 Å². The second kappa shape index (κ2) is 9.27. The summed E-state index contributed by atoms with van der Waals surface area (Å²) in [5.74, 6) is 0.513. The molecule has 2 N–H and O–H groups in total. The van der Waals surface area contributed by atoms with Gasteiger partial charge in [-0.05, 0) is 54.1 Å². The predicted octanol–water partition coefficient (Wildman–Crippen LogP) is 2.58. The van der Waals surface area contributed by atoms with Gasteiger partial charge in [0, 0.05) is 18.0 Å². The number of aromatic nitrogens is 2. The minimum Gasteiger partial charge on any atom is -0.497 e. The first-order valence-corrected chi connectivity index (χ1v) is 10.9. The summed E-state index contributed by atoms with van der Waals surface area (Å²) in [4.78, 5) is 12.1. The van der Waals surface area contributed by atoms with Crippen molar-refractivity contribution < 1.29 is 17.9 Å². The van der Waals surface area contributed by atoms with Crippen molar-refractivity contribution in [3.8, 4) is 11.4 Å². The molecule has 30 heavy (non-hydrogen) atoms. The molecule has 8 nitrogen and oxygen atoms in total. The molecule has 0 spiro atoms. The van der Waals surface area contributed by atoms with Crippen LogP contribution in [0, 0.1) is 0 Å². The fraction of sp³-hybridized carbons (Fsp3) is 0.143. The van der Waals surface area contributed by atoms with Crippen molar-refractivity contribution in [2.24, 2.45) is 0 Å². The lowest BCUT2D eigenvalue weighted by Gasteiger charge is -2.04. The van der Waals surface area contributed by atoms with Gasteiger partial charge < -0.3 is 10.1 Å². The lowest BCUT2D eigenvalue weighted by molar-refractivity contribution is -0.116. The number of methoxy groups -OCH3 is 1. The number of ether oxygens (including phenoxy) is 1. The zero-order valence-corrected chi connectivity index (χ0v) is 17.4. The maximum atomic E-state index is 12.1. The Balaban J connectivity index is 1.52. The van der Waals surface area contributed by atoms with Gasteiger partial charge in [-0.3, -0.25) is 9.52 Å². The van der Waals surface area contributed by atoms with Gasteiger partial charge in [0.2, 0.25) is 15.9 Å². The van der Waals surface area contributed by atoms with Crippen LogP contribution in [0.4, 0.5) is 5.69 Å². The summed E-state index contributed by atoms with van der Waals surface area (Å²) >= 11 is 0. The Hall–Kier alpha value is -3.59. The largest absolute Gasteiger partial charge is 0.497 e. The summed E-state index contributed by atoms with van der Waals surface area (Å²) in [6.07, 6.45) is 5.98. The number of benzene rings is 2. The first kappa shape index (κ1) is 21.1. The molecule has 0 unspecified atom stereocenters. The minimum atomic E-state index is -3.31. The Morgan fingerprint density at radius 1 is 1.10 bits per heavy atom. The van der Waals surface area contributed by atoms with Gasteiger partial charge in [0.05, 0.1) is 31.3 Å². The highest BCUT2D eigenvalue weighted by atomic mass is 32.2. The van der Waals surface area contributed by atoms with E-state index in [0.717, 1.165) is 29.0 Å². The van der Waals surface area contributed by atoms with Gasteiger partial charge in [-0.2, -0.15) is 5.10 Å². The molecule has 3 rings (SSSR count). The van der Waals surface area contributed by atoms with Crippen molar-refractivity contribution in [2.75, 3.05) is 18.1 Å². The molecule has 0 bridgehead atoms. The number of carbonyl (C=O) groups is 1. The van der Waals surface area contributed by atoms with Crippen molar-refractivity contribution in [1.29, 1.82) is 0 Å². The molecule has 0 aliphatic rings. The van der Waals surface area contributed by atoms with Gasteiger partial charge in [0.15, 0.2) is 0 Å². The maximum Gasteiger partial charge on any atom is 0.244 e. The van der Waals surface area contributed by atoms with E-state index in [-0.39, 0.29) is 5.91 Å².